The highest BCUT2D eigenvalue weighted by atomic mass is 79.9. The lowest BCUT2D eigenvalue weighted by Crippen LogP contribution is -1.96. The Hall–Kier alpha value is -0.810. The van der Waals surface area contributed by atoms with Gasteiger partial charge in [-0.05, 0) is 44.0 Å². The second-order valence-electron chi connectivity index (χ2n) is 2.87. The average molecular weight is 332 g/mol. The fraction of sp³-hybridized carbons (Fsp3) is 0.100. The number of halogens is 2. The maximum atomic E-state index is 5.28. The molecule has 0 saturated carbocycles. The summed E-state index contributed by atoms with van der Waals surface area (Å²) in [7, 11) is 1.65. The molecule has 78 valence electrons. The van der Waals surface area contributed by atoms with Crippen LogP contribution in [0.15, 0.2) is 39.8 Å². The van der Waals surface area contributed by atoms with Gasteiger partial charge in [0.1, 0.15) is 10.4 Å². The van der Waals surface area contributed by atoms with E-state index < -0.39 is 0 Å². The number of rotatable bonds is 2. The van der Waals surface area contributed by atoms with Crippen LogP contribution in [0.2, 0.25) is 0 Å². The molecule has 5 heteroatoms. The lowest BCUT2D eigenvalue weighted by atomic mass is 10.3. The number of nitrogens with zero attached hydrogens (tertiary/aromatic N) is 2. The van der Waals surface area contributed by atoms with Gasteiger partial charge in [0, 0.05) is 6.20 Å². The van der Waals surface area contributed by atoms with Crippen molar-refractivity contribution in [3.63, 3.8) is 0 Å². The molecule has 0 radical (unpaired) electrons. The van der Waals surface area contributed by atoms with Gasteiger partial charge in [-0.25, -0.2) is 4.98 Å². The molecule has 0 unspecified atom stereocenters. The van der Waals surface area contributed by atoms with E-state index in [0.717, 1.165) is 20.8 Å². The van der Waals surface area contributed by atoms with E-state index in [4.69, 9.17) is 4.74 Å². The van der Waals surface area contributed by atoms with Crippen LogP contribution >= 0.6 is 31.9 Å². The first-order valence-electron chi connectivity index (χ1n) is 4.26. The largest absolute Gasteiger partial charge is 0.495 e. The molecule has 0 N–H and O–H groups in total. The predicted molar refractivity (Wildman–Crippen MR) is 65.5 cm³/mol. The first kappa shape index (κ1) is 10.7. The van der Waals surface area contributed by atoms with Gasteiger partial charge in [0.15, 0.2) is 4.73 Å². The van der Waals surface area contributed by atoms with E-state index in [2.05, 4.69) is 36.8 Å². The minimum atomic E-state index is 0.735. The quantitative estimate of drug-likeness (QED) is 0.843. The van der Waals surface area contributed by atoms with Crippen LogP contribution in [-0.2, 0) is 0 Å². The minimum absolute atomic E-state index is 0.735. The Labute approximate surface area is 104 Å². The Kier molecular flexibility index (Phi) is 3.11. The number of methoxy groups -OCH3 is 1. The van der Waals surface area contributed by atoms with Crippen LogP contribution in [-0.4, -0.2) is 16.7 Å². The van der Waals surface area contributed by atoms with Gasteiger partial charge >= 0.3 is 0 Å². The van der Waals surface area contributed by atoms with Gasteiger partial charge in [0.05, 0.1) is 12.8 Å². The Morgan fingerprint density at radius 1 is 1.27 bits per heavy atom. The molecule has 0 saturated heterocycles. The Bertz CT molecular complexity index is 482. The summed E-state index contributed by atoms with van der Waals surface area (Å²) >= 11 is 6.71. The third-order valence-corrected chi connectivity index (χ3v) is 2.92. The fourth-order valence-corrected chi connectivity index (χ4v) is 2.42. The molecule has 1 heterocycles. The molecule has 0 spiro atoms. The highest BCUT2D eigenvalue weighted by molar-refractivity contribution is 9.11. The summed E-state index contributed by atoms with van der Waals surface area (Å²) in [5.41, 5.74) is 0.949. The van der Waals surface area contributed by atoms with E-state index in [-0.39, 0.29) is 0 Å². The second-order valence-corrected chi connectivity index (χ2v) is 4.40. The van der Waals surface area contributed by atoms with E-state index in [1.54, 1.807) is 7.11 Å². The lowest BCUT2D eigenvalue weighted by molar-refractivity contribution is 0.412. The van der Waals surface area contributed by atoms with E-state index in [1.807, 2.05) is 35.0 Å². The summed E-state index contributed by atoms with van der Waals surface area (Å²) in [5, 5.41) is 0. The molecule has 2 rings (SSSR count). The lowest BCUT2D eigenvalue weighted by Gasteiger charge is -2.08. The van der Waals surface area contributed by atoms with Gasteiger partial charge in [-0.3, -0.25) is 4.57 Å². The van der Waals surface area contributed by atoms with Crippen molar-refractivity contribution in [2.75, 3.05) is 7.11 Å². The zero-order chi connectivity index (χ0) is 10.8. The second kappa shape index (κ2) is 4.37. The molecule has 15 heavy (non-hydrogen) atoms. The van der Waals surface area contributed by atoms with Crippen LogP contribution in [0, 0.1) is 0 Å². The van der Waals surface area contributed by atoms with Gasteiger partial charge in [-0.1, -0.05) is 12.1 Å². The SMILES string of the molecule is COc1ccccc1-n1cc(Br)nc1Br. The summed E-state index contributed by atoms with van der Waals surface area (Å²) in [6.07, 6.45) is 1.88. The van der Waals surface area contributed by atoms with Crippen molar-refractivity contribution < 1.29 is 4.74 Å². The molecule has 0 atom stereocenters. The molecule has 0 aliphatic rings. The number of hydrogen-bond acceptors (Lipinski definition) is 2. The topological polar surface area (TPSA) is 27.1 Å². The van der Waals surface area contributed by atoms with Gasteiger partial charge in [-0.15, -0.1) is 0 Å². The molecule has 0 amide bonds. The molecule has 0 aliphatic heterocycles. The molecule has 3 nitrogen and oxygen atoms in total. The van der Waals surface area contributed by atoms with Crippen LogP contribution in [0.3, 0.4) is 0 Å². The molecule has 1 aromatic carbocycles. The van der Waals surface area contributed by atoms with Crippen molar-refractivity contribution in [1.29, 1.82) is 0 Å². The Balaban J connectivity index is 2.58. The summed E-state index contributed by atoms with van der Waals surface area (Å²) in [5.74, 6) is 0.808. The summed E-state index contributed by atoms with van der Waals surface area (Å²) in [6, 6.07) is 7.77. The van der Waals surface area contributed by atoms with Gasteiger partial charge in [-0.2, -0.15) is 0 Å². The molecule has 0 aliphatic carbocycles. The molecule has 0 fully saturated rings. The fourth-order valence-electron chi connectivity index (χ4n) is 1.33. The maximum absolute atomic E-state index is 5.28. The van der Waals surface area contributed by atoms with Crippen LogP contribution in [0.25, 0.3) is 5.69 Å². The predicted octanol–water partition coefficient (Wildman–Crippen LogP) is 3.41. The highest BCUT2D eigenvalue weighted by Gasteiger charge is 2.09. The molecule has 1 aromatic heterocycles. The average Bonchev–Trinajstić information content (AvgIpc) is 2.57. The Morgan fingerprint density at radius 2 is 2.00 bits per heavy atom. The normalized spacial score (nSPS) is 10.3. The molecule has 2 aromatic rings. The van der Waals surface area contributed by atoms with Crippen LogP contribution in [0.5, 0.6) is 5.75 Å². The molecule has 0 bridgehead atoms. The van der Waals surface area contributed by atoms with Crippen molar-refractivity contribution in [3.05, 3.63) is 39.8 Å². The number of hydrogen-bond donors (Lipinski definition) is 0. The van der Waals surface area contributed by atoms with E-state index in [9.17, 15) is 0 Å². The maximum Gasteiger partial charge on any atom is 0.182 e. The van der Waals surface area contributed by atoms with E-state index in [0.29, 0.717) is 0 Å². The first-order valence-corrected chi connectivity index (χ1v) is 5.84. The van der Waals surface area contributed by atoms with Crippen LogP contribution < -0.4 is 4.74 Å². The third kappa shape index (κ3) is 2.08. The summed E-state index contributed by atoms with van der Waals surface area (Å²) in [4.78, 5) is 4.20. The summed E-state index contributed by atoms with van der Waals surface area (Å²) in [6.45, 7) is 0. The standard InChI is InChI=1S/C10H8Br2N2O/c1-15-8-5-3-2-4-7(8)14-6-9(11)13-10(14)12/h2-6H,1H3. The zero-order valence-corrected chi connectivity index (χ0v) is 11.1. The number of para-hydroxylation sites is 2. The van der Waals surface area contributed by atoms with E-state index >= 15 is 0 Å². The van der Waals surface area contributed by atoms with E-state index in [1.165, 1.54) is 0 Å². The van der Waals surface area contributed by atoms with Crippen LogP contribution in [0.4, 0.5) is 0 Å². The van der Waals surface area contributed by atoms with Gasteiger partial charge in [0.25, 0.3) is 0 Å². The van der Waals surface area contributed by atoms with Crippen molar-refractivity contribution >= 4 is 31.9 Å². The monoisotopic (exact) mass is 330 g/mol. The van der Waals surface area contributed by atoms with Gasteiger partial charge in [0.2, 0.25) is 0 Å². The Morgan fingerprint density at radius 3 is 2.60 bits per heavy atom. The molecular formula is C10H8Br2N2O. The number of ether oxygens (including phenoxy) is 1. The zero-order valence-electron chi connectivity index (χ0n) is 7.95. The minimum Gasteiger partial charge on any atom is -0.495 e. The first-order chi connectivity index (χ1) is 7.22. The number of aromatic nitrogens is 2. The molecular weight excluding hydrogens is 324 g/mol. The number of benzene rings is 1. The third-order valence-electron chi connectivity index (χ3n) is 1.98. The smallest absolute Gasteiger partial charge is 0.182 e. The van der Waals surface area contributed by atoms with Crippen molar-refractivity contribution in [1.82, 2.24) is 9.55 Å². The number of imidazole rings is 1. The summed E-state index contributed by atoms with van der Waals surface area (Å²) < 4.78 is 8.70. The van der Waals surface area contributed by atoms with Crippen LogP contribution in [0.1, 0.15) is 0 Å². The van der Waals surface area contributed by atoms with Crippen molar-refractivity contribution in [2.24, 2.45) is 0 Å². The van der Waals surface area contributed by atoms with Crippen molar-refractivity contribution in [3.8, 4) is 11.4 Å². The van der Waals surface area contributed by atoms with Crippen molar-refractivity contribution in [2.45, 2.75) is 0 Å². The highest BCUT2D eigenvalue weighted by Crippen LogP contribution is 2.27. The van der Waals surface area contributed by atoms with Gasteiger partial charge < -0.3 is 4.74 Å².